The first-order valence-electron chi connectivity index (χ1n) is 5.52. The molecule has 7 heteroatoms. The number of aromatic nitrogens is 2. The third-order valence-electron chi connectivity index (χ3n) is 2.93. The fourth-order valence-electron chi connectivity index (χ4n) is 1.91. The minimum absolute atomic E-state index is 0.100. The summed E-state index contributed by atoms with van der Waals surface area (Å²) in [5.74, 6) is 0.100. The molecule has 98 valence electrons. The van der Waals surface area contributed by atoms with Crippen molar-refractivity contribution in [3.05, 3.63) is 28.8 Å². The van der Waals surface area contributed by atoms with Crippen molar-refractivity contribution < 1.29 is 14.9 Å². The van der Waals surface area contributed by atoms with Crippen molar-refractivity contribution >= 4 is 11.9 Å². The summed E-state index contributed by atoms with van der Waals surface area (Å²) < 4.78 is 6.62. The third kappa shape index (κ3) is 2.15. The molecule has 18 heavy (non-hydrogen) atoms. The Morgan fingerprint density at radius 3 is 3.00 bits per heavy atom. The summed E-state index contributed by atoms with van der Waals surface area (Å²) in [5.41, 5.74) is 5.51. The molecule has 2 heterocycles. The van der Waals surface area contributed by atoms with Gasteiger partial charge in [-0.1, -0.05) is 12.7 Å². The van der Waals surface area contributed by atoms with Gasteiger partial charge in [0.05, 0.1) is 12.7 Å². The molecule has 3 unspecified atom stereocenters. The smallest absolute Gasteiger partial charge is 0.351 e. The van der Waals surface area contributed by atoms with E-state index in [1.807, 2.05) is 0 Å². The van der Waals surface area contributed by atoms with Crippen LogP contribution in [0.15, 0.2) is 17.6 Å². The molecule has 7 nitrogen and oxygen atoms in total. The zero-order valence-corrected chi connectivity index (χ0v) is 9.69. The average molecular weight is 253 g/mol. The van der Waals surface area contributed by atoms with E-state index in [0.717, 1.165) is 0 Å². The Balaban J connectivity index is 2.35. The number of hydrogen-bond donors (Lipinski definition) is 3. The summed E-state index contributed by atoms with van der Waals surface area (Å²) in [6.07, 6.45) is 1.02. The van der Waals surface area contributed by atoms with Crippen LogP contribution in [0.4, 0.5) is 5.82 Å². The Labute approximate surface area is 103 Å². The van der Waals surface area contributed by atoms with Gasteiger partial charge in [-0.25, -0.2) is 4.79 Å². The molecular weight excluding hydrogens is 238 g/mol. The fraction of sp³-hybridized carbons (Fsp3) is 0.455. The SMILES string of the molecule is C=Cc1cn(C2CC(O)C(CO)O2)c(=O)nc1N. The summed E-state index contributed by atoms with van der Waals surface area (Å²) in [5, 5.41) is 18.6. The number of aliphatic hydroxyl groups excluding tert-OH is 2. The lowest BCUT2D eigenvalue weighted by molar-refractivity contribution is -0.0458. The maximum Gasteiger partial charge on any atom is 0.351 e. The number of ether oxygens (including phenoxy) is 1. The predicted molar refractivity (Wildman–Crippen MR) is 64.6 cm³/mol. The lowest BCUT2D eigenvalue weighted by atomic mass is 10.2. The van der Waals surface area contributed by atoms with E-state index in [4.69, 9.17) is 15.6 Å². The molecule has 1 aromatic heterocycles. The second kappa shape index (κ2) is 4.89. The molecule has 1 aliphatic heterocycles. The largest absolute Gasteiger partial charge is 0.394 e. The van der Waals surface area contributed by atoms with Crippen molar-refractivity contribution in [1.29, 1.82) is 0 Å². The average Bonchev–Trinajstić information content (AvgIpc) is 2.70. The Hall–Kier alpha value is -1.70. The summed E-state index contributed by atoms with van der Waals surface area (Å²) >= 11 is 0. The quantitative estimate of drug-likeness (QED) is 0.644. The number of nitrogen functional groups attached to an aromatic ring is 1. The van der Waals surface area contributed by atoms with Gasteiger partial charge in [0.1, 0.15) is 18.1 Å². The summed E-state index contributed by atoms with van der Waals surface area (Å²) in [7, 11) is 0. The molecule has 0 amide bonds. The van der Waals surface area contributed by atoms with Crippen LogP contribution < -0.4 is 11.4 Å². The highest BCUT2D eigenvalue weighted by Crippen LogP contribution is 2.27. The zero-order valence-electron chi connectivity index (χ0n) is 9.69. The number of rotatable bonds is 3. The second-order valence-electron chi connectivity index (χ2n) is 4.09. The monoisotopic (exact) mass is 253 g/mol. The van der Waals surface area contributed by atoms with Crippen LogP contribution in [0.2, 0.25) is 0 Å². The van der Waals surface area contributed by atoms with Crippen molar-refractivity contribution in [3.8, 4) is 0 Å². The molecule has 0 aromatic carbocycles. The highest BCUT2D eigenvalue weighted by molar-refractivity contribution is 5.57. The van der Waals surface area contributed by atoms with E-state index >= 15 is 0 Å². The Morgan fingerprint density at radius 1 is 1.72 bits per heavy atom. The number of hydrogen-bond acceptors (Lipinski definition) is 6. The van der Waals surface area contributed by atoms with E-state index in [9.17, 15) is 9.90 Å². The van der Waals surface area contributed by atoms with E-state index in [0.29, 0.717) is 5.56 Å². The molecule has 4 N–H and O–H groups in total. The van der Waals surface area contributed by atoms with Gasteiger partial charge < -0.3 is 20.7 Å². The highest BCUT2D eigenvalue weighted by atomic mass is 16.5. The van der Waals surface area contributed by atoms with E-state index in [2.05, 4.69) is 11.6 Å². The number of nitrogens with zero attached hydrogens (tertiary/aromatic N) is 2. The van der Waals surface area contributed by atoms with Crippen LogP contribution in [0, 0.1) is 0 Å². The molecule has 0 radical (unpaired) electrons. The lowest BCUT2D eigenvalue weighted by Crippen LogP contribution is -2.28. The van der Waals surface area contributed by atoms with Gasteiger partial charge in [-0.05, 0) is 0 Å². The fourth-order valence-corrected chi connectivity index (χ4v) is 1.91. The maximum absolute atomic E-state index is 11.7. The molecule has 0 spiro atoms. The van der Waals surface area contributed by atoms with E-state index in [1.165, 1.54) is 16.8 Å². The van der Waals surface area contributed by atoms with Gasteiger partial charge in [-0.3, -0.25) is 4.57 Å². The van der Waals surface area contributed by atoms with Gasteiger partial charge in [-0.2, -0.15) is 4.98 Å². The van der Waals surface area contributed by atoms with Gasteiger partial charge in [0.15, 0.2) is 0 Å². The topological polar surface area (TPSA) is 111 Å². The molecule has 3 atom stereocenters. The Morgan fingerprint density at radius 2 is 2.44 bits per heavy atom. The van der Waals surface area contributed by atoms with Gasteiger partial charge in [0.2, 0.25) is 0 Å². The summed E-state index contributed by atoms with van der Waals surface area (Å²) in [4.78, 5) is 15.4. The van der Waals surface area contributed by atoms with Crippen molar-refractivity contribution in [3.63, 3.8) is 0 Å². The van der Waals surface area contributed by atoms with Gasteiger partial charge in [0.25, 0.3) is 0 Å². The normalized spacial score (nSPS) is 27.3. The molecule has 1 aliphatic rings. The zero-order chi connectivity index (χ0) is 13.3. The van der Waals surface area contributed by atoms with Crippen molar-refractivity contribution in [2.45, 2.75) is 24.9 Å². The second-order valence-corrected chi connectivity index (χ2v) is 4.09. The molecular formula is C11H15N3O4. The summed E-state index contributed by atoms with van der Waals surface area (Å²) in [6.45, 7) is 3.27. The van der Waals surface area contributed by atoms with E-state index < -0.39 is 24.1 Å². The van der Waals surface area contributed by atoms with Crippen LogP contribution in [0.1, 0.15) is 18.2 Å². The number of anilines is 1. The van der Waals surface area contributed by atoms with Gasteiger partial charge in [-0.15, -0.1) is 0 Å². The lowest BCUT2D eigenvalue weighted by Gasteiger charge is -2.15. The first kappa shape index (κ1) is 12.7. The minimum atomic E-state index is -0.809. The van der Waals surface area contributed by atoms with Crippen molar-refractivity contribution in [2.75, 3.05) is 12.3 Å². The Bertz CT molecular complexity index is 514. The standard InChI is InChI=1S/C11H15N3O4/c1-2-6-4-14(11(17)13-10(6)12)9-3-7(16)8(5-15)18-9/h2,4,7-9,15-16H,1,3,5H2,(H2,12,13,17). The third-order valence-corrected chi connectivity index (χ3v) is 2.93. The van der Waals surface area contributed by atoms with Crippen LogP contribution >= 0.6 is 0 Å². The maximum atomic E-state index is 11.7. The molecule has 1 saturated heterocycles. The minimum Gasteiger partial charge on any atom is -0.394 e. The molecule has 0 bridgehead atoms. The van der Waals surface area contributed by atoms with Crippen LogP contribution in [0.25, 0.3) is 6.08 Å². The van der Waals surface area contributed by atoms with Crippen LogP contribution in [0.3, 0.4) is 0 Å². The van der Waals surface area contributed by atoms with Crippen LogP contribution in [-0.4, -0.2) is 38.6 Å². The molecule has 0 aliphatic carbocycles. The van der Waals surface area contributed by atoms with Crippen molar-refractivity contribution in [1.82, 2.24) is 9.55 Å². The van der Waals surface area contributed by atoms with Gasteiger partial charge in [0, 0.05) is 18.2 Å². The van der Waals surface area contributed by atoms with Crippen molar-refractivity contribution in [2.24, 2.45) is 0 Å². The van der Waals surface area contributed by atoms with Crippen LogP contribution in [-0.2, 0) is 4.74 Å². The Kier molecular flexibility index (Phi) is 3.46. The predicted octanol–water partition coefficient (Wildman–Crippen LogP) is -0.891. The van der Waals surface area contributed by atoms with E-state index in [1.54, 1.807) is 0 Å². The van der Waals surface area contributed by atoms with Crippen LogP contribution in [0.5, 0.6) is 0 Å². The molecule has 1 fully saturated rings. The number of nitrogens with two attached hydrogens (primary N) is 1. The first-order chi connectivity index (χ1) is 8.56. The summed E-state index contributed by atoms with van der Waals surface area (Å²) in [6, 6.07) is 0. The first-order valence-corrected chi connectivity index (χ1v) is 5.52. The van der Waals surface area contributed by atoms with Gasteiger partial charge >= 0.3 is 5.69 Å². The molecule has 2 rings (SSSR count). The molecule has 1 aromatic rings. The van der Waals surface area contributed by atoms with E-state index in [-0.39, 0.29) is 18.8 Å². The molecule has 0 saturated carbocycles. The number of aliphatic hydroxyl groups is 2. The highest BCUT2D eigenvalue weighted by Gasteiger charge is 2.35.